The smallest absolute Gasteiger partial charge is 0.0830 e. The van der Waals surface area contributed by atoms with E-state index < -0.39 is 0 Å². The highest BCUT2D eigenvalue weighted by atomic mass is 15.4. The van der Waals surface area contributed by atoms with Crippen LogP contribution < -0.4 is 5.32 Å². The van der Waals surface area contributed by atoms with Gasteiger partial charge in [0.05, 0.1) is 11.2 Å². The number of aromatic nitrogens is 3. The van der Waals surface area contributed by atoms with Crippen molar-refractivity contribution in [2.45, 2.75) is 72.4 Å². The molecule has 0 radical (unpaired) electrons. The Bertz CT molecular complexity index is 444. The molecule has 1 heterocycles. The van der Waals surface area contributed by atoms with E-state index in [1.54, 1.807) is 0 Å². The molecule has 0 bridgehead atoms. The Balaban J connectivity index is 2.42. The number of aryl methyl sites for hydroxylation is 1. The van der Waals surface area contributed by atoms with Gasteiger partial charge in [0, 0.05) is 18.3 Å². The van der Waals surface area contributed by atoms with Crippen LogP contribution in [0.5, 0.6) is 0 Å². The molecule has 4 heteroatoms. The fraction of sp³-hybridized carbons (Fsp3) is 0.750. The van der Waals surface area contributed by atoms with E-state index in [1.165, 1.54) is 5.57 Å². The minimum Gasteiger partial charge on any atom is -0.308 e. The highest BCUT2D eigenvalue weighted by molar-refractivity contribution is 5.04. The van der Waals surface area contributed by atoms with Gasteiger partial charge in [-0.2, -0.15) is 0 Å². The molecule has 0 aliphatic heterocycles. The van der Waals surface area contributed by atoms with Gasteiger partial charge in [0.25, 0.3) is 0 Å². The van der Waals surface area contributed by atoms with Gasteiger partial charge in [-0.3, -0.25) is 0 Å². The second-order valence-electron chi connectivity index (χ2n) is 7.52. The molecule has 0 saturated carbocycles. The lowest BCUT2D eigenvalue weighted by atomic mass is 10.1. The number of nitrogens with zero attached hydrogens (tertiary/aromatic N) is 3. The second-order valence-corrected chi connectivity index (χ2v) is 7.52. The Labute approximate surface area is 123 Å². The van der Waals surface area contributed by atoms with E-state index in [1.807, 2.05) is 4.68 Å². The summed E-state index contributed by atoms with van der Waals surface area (Å²) in [6.07, 6.45) is 6.30. The average Bonchev–Trinajstić information content (AvgIpc) is 2.74. The van der Waals surface area contributed by atoms with Gasteiger partial charge in [0.2, 0.25) is 0 Å². The van der Waals surface area contributed by atoms with Crippen LogP contribution >= 0.6 is 0 Å². The summed E-state index contributed by atoms with van der Waals surface area (Å²) in [6, 6.07) is 0. The summed E-state index contributed by atoms with van der Waals surface area (Å²) >= 11 is 0. The van der Waals surface area contributed by atoms with Gasteiger partial charge in [-0.15, -0.1) is 5.10 Å². The van der Waals surface area contributed by atoms with Crippen molar-refractivity contribution in [2.24, 2.45) is 0 Å². The quantitative estimate of drug-likeness (QED) is 0.840. The summed E-state index contributed by atoms with van der Waals surface area (Å²) < 4.78 is 1.93. The first kappa shape index (κ1) is 16.9. The van der Waals surface area contributed by atoms with Crippen LogP contribution in [0.3, 0.4) is 0 Å². The molecular formula is C16H30N4. The zero-order valence-electron chi connectivity index (χ0n) is 14.1. The molecule has 20 heavy (non-hydrogen) atoms. The van der Waals surface area contributed by atoms with Crippen LogP contribution in [0, 0.1) is 0 Å². The first-order valence-corrected chi connectivity index (χ1v) is 7.40. The van der Waals surface area contributed by atoms with E-state index in [-0.39, 0.29) is 11.1 Å². The molecule has 114 valence electrons. The number of rotatable bonds is 5. The molecule has 0 aromatic carbocycles. The first-order valence-electron chi connectivity index (χ1n) is 7.40. The molecule has 1 aromatic heterocycles. The molecule has 0 aliphatic rings. The van der Waals surface area contributed by atoms with Gasteiger partial charge in [-0.05, 0) is 61.3 Å². The van der Waals surface area contributed by atoms with Crippen LogP contribution in [0.1, 0.15) is 60.6 Å². The molecule has 0 saturated heterocycles. The van der Waals surface area contributed by atoms with Crippen LogP contribution in [0.4, 0.5) is 0 Å². The molecular weight excluding hydrogens is 248 g/mol. The molecule has 0 amide bonds. The monoisotopic (exact) mass is 278 g/mol. The van der Waals surface area contributed by atoms with Crippen LogP contribution in [-0.2, 0) is 12.0 Å². The van der Waals surface area contributed by atoms with Crippen molar-refractivity contribution in [3.8, 4) is 0 Å². The summed E-state index contributed by atoms with van der Waals surface area (Å²) in [5.41, 5.74) is 2.62. The van der Waals surface area contributed by atoms with Crippen LogP contribution in [0.2, 0.25) is 0 Å². The van der Waals surface area contributed by atoms with E-state index in [9.17, 15) is 0 Å². The number of allylic oxidation sites excluding steroid dienone is 1. The van der Waals surface area contributed by atoms with Gasteiger partial charge >= 0.3 is 0 Å². The molecule has 0 unspecified atom stereocenters. The van der Waals surface area contributed by atoms with Crippen LogP contribution in [-0.4, -0.2) is 27.1 Å². The fourth-order valence-corrected chi connectivity index (χ4v) is 1.68. The van der Waals surface area contributed by atoms with Gasteiger partial charge < -0.3 is 5.32 Å². The van der Waals surface area contributed by atoms with E-state index in [0.717, 1.165) is 25.1 Å². The predicted molar refractivity (Wildman–Crippen MR) is 84.9 cm³/mol. The molecule has 0 atom stereocenters. The van der Waals surface area contributed by atoms with Crippen molar-refractivity contribution in [1.29, 1.82) is 0 Å². The summed E-state index contributed by atoms with van der Waals surface area (Å²) in [5.74, 6) is 0. The molecule has 1 N–H and O–H groups in total. The maximum absolute atomic E-state index is 4.23. The molecule has 0 fully saturated rings. The van der Waals surface area contributed by atoms with Crippen molar-refractivity contribution < 1.29 is 0 Å². The minimum atomic E-state index is 0.00757. The Morgan fingerprint density at radius 3 is 2.40 bits per heavy atom. The SMILES string of the molecule is CC(=CCCc1cn(C(C)(C)C)nn1)CNC(C)(C)C. The third-order valence-electron chi connectivity index (χ3n) is 3.02. The topological polar surface area (TPSA) is 42.7 Å². The highest BCUT2D eigenvalue weighted by Crippen LogP contribution is 2.12. The lowest BCUT2D eigenvalue weighted by Gasteiger charge is -2.20. The third kappa shape index (κ3) is 6.33. The Morgan fingerprint density at radius 1 is 1.25 bits per heavy atom. The number of nitrogens with one attached hydrogen (secondary N) is 1. The first-order chi connectivity index (χ1) is 9.08. The third-order valence-corrected chi connectivity index (χ3v) is 3.02. The van der Waals surface area contributed by atoms with Gasteiger partial charge in [0.1, 0.15) is 0 Å². The summed E-state index contributed by atoms with van der Waals surface area (Å²) in [6.45, 7) is 16.1. The Kier molecular flexibility index (Phi) is 5.51. The lowest BCUT2D eigenvalue weighted by molar-refractivity contribution is 0.347. The van der Waals surface area contributed by atoms with Gasteiger partial charge in [-0.1, -0.05) is 16.9 Å². The maximum Gasteiger partial charge on any atom is 0.0830 e. The molecule has 1 aromatic rings. The molecule has 1 rings (SSSR count). The zero-order chi connectivity index (χ0) is 15.4. The molecule has 0 aliphatic carbocycles. The second kappa shape index (κ2) is 6.53. The predicted octanol–water partition coefficient (Wildman–Crippen LogP) is 3.30. The maximum atomic E-state index is 4.23. The number of hydrogen-bond acceptors (Lipinski definition) is 3. The summed E-state index contributed by atoms with van der Waals surface area (Å²) in [5, 5.41) is 11.9. The van der Waals surface area contributed by atoms with Gasteiger partial charge in [0.15, 0.2) is 0 Å². The van der Waals surface area contributed by atoms with Crippen LogP contribution in [0.25, 0.3) is 0 Å². The summed E-state index contributed by atoms with van der Waals surface area (Å²) in [7, 11) is 0. The van der Waals surface area contributed by atoms with E-state index >= 15 is 0 Å². The van der Waals surface area contributed by atoms with Gasteiger partial charge in [-0.25, -0.2) is 4.68 Å². The van der Waals surface area contributed by atoms with E-state index in [2.05, 4.69) is 76.4 Å². The van der Waals surface area contributed by atoms with E-state index in [4.69, 9.17) is 0 Å². The van der Waals surface area contributed by atoms with Crippen molar-refractivity contribution in [2.75, 3.05) is 6.54 Å². The zero-order valence-corrected chi connectivity index (χ0v) is 14.1. The van der Waals surface area contributed by atoms with Crippen molar-refractivity contribution in [3.05, 3.63) is 23.5 Å². The van der Waals surface area contributed by atoms with Crippen LogP contribution in [0.15, 0.2) is 17.8 Å². The van der Waals surface area contributed by atoms with Crippen molar-refractivity contribution in [3.63, 3.8) is 0 Å². The van der Waals surface area contributed by atoms with E-state index in [0.29, 0.717) is 0 Å². The molecule has 4 nitrogen and oxygen atoms in total. The fourth-order valence-electron chi connectivity index (χ4n) is 1.68. The van der Waals surface area contributed by atoms with Crippen molar-refractivity contribution in [1.82, 2.24) is 20.3 Å². The number of hydrogen-bond donors (Lipinski definition) is 1. The lowest BCUT2D eigenvalue weighted by Crippen LogP contribution is -2.36. The molecule has 0 spiro atoms. The standard InChI is InChI=1S/C16H30N4/c1-13(11-17-15(2,3)4)9-8-10-14-12-20(19-18-14)16(5,6)7/h9,12,17H,8,10-11H2,1-7H3. The van der Waals surface area contributed by atoms with Crippen molar-refractivity contribution >= 4 is 0 Å². The minimum absolute atomic E-state index is 0.00757. The Hall–Kier alpha value is -1.16. The summed E-state index contributed by atoms with van der Waals surface area (Å²) in [4.78, 5) is 0. The Morgan fingerprint density at radius 2 is 1.90 bits per heavy atom. The average molecular weight is 278 g/mol. The highest BCUT2D eigenvalue weighted by Gasteiger charge is 2.14. The largest absolute Gasteiger partial charge is 0.308 e. The normalized spacial score (nSPS) is 13.8.